The average Bonchev–Trinajstić information content (AvgIpc) is 2.30. The first-order chi connectivity index (χ1) is 7.93. The Kier molecular flexibility index (Phi) is 5.28. The van der Waals surface area contributed by atoms with Gasteiger partial charge in [0.2, 0.25) is 5.91 Å². The summed E-state index contributed by atoms with van der Waals surface area (Å²) in [4.78, 5) is 11.8. The van der Waals surface area contributed by atoms with Crippen molar-refractivity contribution in [1.29, 1.82) is 0 Å². The van der Waals surface area contributed by atoms with Crippen LogP contribution in [0.2, 0.25) is 0 Å². The molecule has 1 aliphatic carbocycles. The molecule has 1 aliphatic rings. The van der Waals surface area contributed by atoms with Gasteiger partial charge in [0.15, 0.2) is 0 Å². The highest BCUT2D eigenvalue weighted by Crippen LogP contribution is 2.42. The maximum absolute atomic E-state index is 11.8. The van der Waals surface area contributed by atoms with Gasteiger partial charge in [-0.25, -0.2) is 0 Å². The molecule has 0 aromatic carbocycles. The first kappa shape index (κ1) is 14.8. The van der Waals surface area contributed by atoms with Crippen molar-refractivity contribution in [3.8, 4) is 0 Å². The summed E-state index contributed by atoms with van der Waals surface area (Å²) in [5.41, 5.74) is 5.83. The SMILES string of the molecule is COC1CC(NC(=O)[C@H](N)CCSC)C1(C)C. The second-order valence-electron chi connectivity index (χ2n) is 5.23. The molecule has 1 saturated carbocycles. The van der Waals surface area contributed by atoms with Crippen molar-refractivity contribution in [2.24, 2.45) is 11.1 Å². The Morgan fingerprint density at radius 1 is 1.65 bits per heavy atom. The highest BCUT2D eigenvalue weighted by atomic mass is 32.2. The number of rotatable bonds is 6. The predicted octanol–water partition coefficient (Wildman–Crippen LogP) is 0.996. The van der Waals surface area contributed by atoms with Gasteiger partial charge in [0.1, 0.15) is 0 Å². The minimum atomic E-state index is -0.389. The minimum Gasteiger partial charge on any atom is -0.381 e. The Morgan fingerprint density at radius 3 is 2.76 bits per heavy atom. The quantitative estimate of drug-likeness (QED) is 0.748. The smallest absolute Gasteiger partial charge is 0.237 e. The van der Waals surface area contributed by atoms with E-state index in [1.165, 1.54) is 0 Å². The van der Waals surface area contributed by atoms with E-state index in [1.54, 1.807) is 18.9 Å². The predicted molar refractivity (Wildman–Crippen MR) is 72.1 cm³/mol. The highest BCUT2D eigenvalue weighted by Gasteiger charge is 2.49. The number of nitrogens with two attached hydrogens (primary N) is 1. The lowest BCUT2D eigenvalue weighted by Gasteiger charge is -2.51. The van der Waals surface area contributed by atoms with Crippen LogP contribution in [0.25, 0.3) is 0 Å². The molecule has 1 fully saturated rings. The summed E-state index contributed by atoms with van der Waals surface area (Å²) in [6.07, 6.45) is 3.86. The molecule has 0 aliphatic heterocycles. The number of hydrogen-bond acceptors (Lipinski definition) is 4. The van der Waals surface area contributed by atoms with Gasteiger partial charge in [-0.15, -0.1) is 0 Å². The molecule has 5 heteroatoms. The molecule has 0 saturated heterocycles. The van der Waals surface area contributed by atoms with Crippen LogP contribution in [0, 0.1) is 5.41 Å². The lowest BCUT2D eigenvalue weighted by Crippen LogP contribution is -2.63. The van der Waals surface area contributed by atoms with Crippen LogP contribution in [0.5, 0.6) is 0 Å². The summed E-state index contributed by atoms with van der Waals surface area (Å²) in [7, 11) is 1.72. The van der Waals surface area contributed by atoms with E-state index in [-0.39, 0.29) is 29.5 Å². The third-order valence-corrected chi connectivity index (χ3v) is 4.39. The highest BCUT2D eigenvalue weighted by molar-refractivity contribution is 7.98. The number of methoxy groups -OCH3 is 1. The van der Waals surface area contributed by atoms with Gasteiger partial charge >= 0.3 is 0 Å². The summed E-state index contributed by atoms with van der Waals surface area (Å²) in [6.45, 7) is 4.23. The lowest BCUT2D eigenvalue weighted by molar-refractivity contribution is -0.133. The Bertz CT molecular complexity index is 271. The number of ether oxygens (including phenoxy) is 1. The molecule has 0 heterocycles. The van der Waals surface area contributed by atoms with Crippen molar-refractivity contribution in [2.75, 3.05) is 19.1 Å². The van der Waals surface area contributed by atoms with Crippen molar-refractivity contribution in [3.63, 3.8) is 0 Å². The van der Waals surface area contributed by atoms with Gasteiger partial charge in [-0.3, -0.25) is 4.79 Å². The summed E-state index contributed by atoms with van der Waals surface area (Å²) < 4.78 is 5.35. The second-order valence-corrected chi connectivity index (χ2v) is 6.22. The van der Waals surface area contributed by atoms with Crippen LogP contribution in [-0.2, 0) is 9.53 Å². The molecule has 17 heavy (non-hydrogen) atoms. The van der Waals surface area contributed by atoms with Gasteiger partial charge in [-0.2, -0.15) is 11.8 Å². The number of amides is 1. The molecule has 2 unspecified atom stereocenters. The fraction of sp³-hybridized carbons (Fsp3) is 0.917. The van der Waals surface area contributed by atoms with Crippen molar-refractivity contribution in [3.05, 3.63) is 0 Å². The summed E-state index contributed by atoms with van der Waals surface area (Å²) in [6, 6.07) is -0.208. The van der Waals surface area contributed by atoms with Crippen LogP contribution >= 0.6 is 11.8 Å². The maximum atomic E-state index is 11.8. The molecule has 100 valence electrons. The van der Waals surface area contributed by atoms with E-state index in [0.717, 1.165) is 18.6 Å². The van der Waals surface area contributed by atoms with Crippen molar-refractivity contribution in [2.45, 2.75) is 44.9 Å². The number of thioether (sulfide) groups is 1. The van der Waals surface area contributed by atoms with Gasteiger partial charge in [0, 0.05) is 18.6 Å². The number of nitrogens with one attached hydrogen (secondary N) is 1. The maximum Gasteiger partial charge on any atom is 0.237 e. The molecule has 0 aromatic rings. The fourth-order valence-corrected chi connectivity index (χ4v) is 2.67. The number of carbonyl (C=O) groups excluding carboxylic acids is 1. The monoisotopic (exact) mass is 260 g/mol. The molecule has 4 nitrogen and oxygen atoms in total. The van der Waals surface area contributed by atoms with Gasteiger partial charge in [-0.05, 0) is 24.9 Å². The largest absolute Gasteiger partial charge is 0.381 e. The van der Waals surface area contributed by atoms with Crippen LogP contribution < -0.4 is 11.1 Å². The first-order valence-corrected chi connectivity index (χ1v) is 7.40. The van der Waals surface area contributed by atoms with Crippen LogP contribution in [0.15, 0.2) is 0 Å². The van der Waals surface area contributed by atoms with Crippen LogP contribution in [0.4, 0.5) is 0 Å². The van der Waals surface area contributed by atoms with E-state index < -0.39 is 0 Å². The summed E-state index contributed by atoms with van der Waals surface area (Å²) >= 11 is 1.71. The lowest BCUT2D eigenvalue weighted by atomic mass is 9.64. The number of carbonyl (C=O) groups is 1. The topological polar surface area (TPSA) is 64.3 Å². The zero-order valence-corrected chi connectivity index (χ0v) is 12.0. The molecule has 1 amide bonds. The van der Waals surface area contributed by atoms with E-state index in [4.69, 9.17) is 10.5 Å². The molecular formula is C12H24N2O2S. The normalized spacial score (nSPS) is 28.3. The fourth-order valence-electron chi connectivity index (χ4n) is 2.19. The molecule has 1 rings (SSSR count). The molecule has 0 radical (unpaired) electrons. The van der Waals surface area contributed by atoms with E-state index in [9.17, 15) is 4.79 Å². The van der Waals surface area contributed by atoms with E-state index in [2.05, 4.69) is 19.2 Å². The third-order valence-electron chi connectivity index (χ3n) is 3.75. The van der Waals surface area contributed by atoms with Crippen molar-refractivity contribution >= 4 is 17.7 Å². The zero-order chi connectivity index (χ0) is 13.1. The molecule has 3 N–H and O–H groups in total. The summed E-state index contributed by atoms with van der Waals surface area (Å²) in [5, 5.41) is 3.03. The van der Waals surface area contributed by atoms with Gasteiger partial charge in [0.05, 0.1) is 12.1 Å². The standard InChI is InChI=1S/C12H24N2O2S/c1-12(2)9(7-10(12)16-3)14-11(15)8(13)5-6-17-4/h8-10H,5-7,13H2,1-4H3,(H,14,15)/t8-,9?,10?/m1/s1. The van der Waals surface area contributed by atoms with Gasteiger partial charge < -0.3 is 15.8 Å². The van der Waals surface area contributed by atoms with E-state index in [0.29, 0.717) is 0 Å². The Balaban J connectivity index is 2.38. The van der Waals surface area contributed by atoms with Crippen LogP contribution in [0.3, 0.4) is 0 Å². The molecule has 0 spiro atoms. The van der Waals surface area contributed by atoms with E-state index in [1.807, 2.05) is 6.26 Å². The van der Waals surface area contributed by atoms with Crippen molar-refractivity contribution < 1.29 is 9.53 Å². The second kappa shape index (κ2) is 6.07. The van der Waals surface area contributed by atoms with Crippen LogP contribution in [0.1, 0.15) is 26.7 Å². The average molecular weight is 260 g/mol. The van der Waals surface area contributed by atoms with Crippen LogP contribution in [-0.4, -0.2) is 43.2 Å². The number of hydrogen-bond donors (Lipinski definition) is 2. The minimum absolute atomic E-state index is 0.00361. The first-order valence-electron chi connectivity index (χ1n) is 6.01. The Morgan fingerprint density at radius 2 is 2.29 bits per heavy atom. The molecular weight excluding hydrogens is 236 g/mol. The Labute approximate surface area is 108 Å². The van der Waals surface area contributed by atoms with E-state index >= 15 is 0 Å². The molecule has 0 aromatic heterocycles. The summed E-state index contributed by atoms with van der Waals surface area (Å²) in [5.74, 6) is 0.884. The molecule has 3 atom stereocenters. The Hall–Kier alpha value is -0.260. The van der Waals surface area contributed by atoms with Gasteiger partial charge in [-0.1, -0.05) is 13.8 Å². The van der Waals surface area contributed by atoms with Crippen molar-refractivity contribution in [1.82, 2.24) is 5.32 Å². The van der Waals surface area contributed by atoms with Gasteiger partial charge in [0.25, 0.3) is 0 Å². The molecule has 0 bridgehead atoms. The zero-order valence-electron chi connectivity index (χ0n) is 11.2. The third kappa shape index (κ3) is 3.36.